The number of aliphatic hydroxyl groups is 1. The fraction of sp³-hybridized carbons (Fsp3) is 0.345. The summed E-state index contributed by atoms with van der Waals surface area (Å²) in [6, 6.07) is 7.32. The van der Waals surface area contributed by atoms with Gasteiger partial charge < -0.3 is 19.5 Å². The molecule has 1 saturated heterocycles. The van der Waals surface area contributed by atoms with Gasteiger partial charge in [0.25, 0.3) is 5.91 Å². The lowest BCUT2D eigenvalue weighted by molar-refractivity contribution is -0.143. The molecule has 14 heteroatoms. The zero-order chi connectivity index (χ0) is 31.1. The molecule has 0 saturated carbocycles. The third-order valence-electron chi connectivity index (χ3n) is 7.56. The van der Waals surface area contributed by atoms with Crippen molar-refractivity contribution in [2.45, 2.75) is 19.1 Å². The Morgan fingerprint density at radius 2 is 1.72 bits per heavy atom. The average Bonchev–Trinajstić information content (AvgIpc) is 3.39. The van der Waals surface area contributed by atoms with E-state index < -0.39 is 42.1 Å². The van der Waals surface area contributed by atoms with Crippen LogP contribution in [0.4, 0.5) is 22.0 Å². The standard InChI is InChI=1S/C29H28F5N5O4/c1-16-24(17-4-6-19(42-2)7-5-17)36-27-21(14-35-39(27)26(16)29(32,33)34)28(41)38-10-8-37(9-11-38)23(15-40)20-12-18(30)13-22(31)25(20)43-3/h4-7,12-14,23,40H,8-11,15H2,1-3H3/t23-/m1/s1. The van der Waals surface area contributed by atoms with E-state index in [0.29, 0.717) is 21.9 Å². The molecule has 4 aromatic rings. The Balaban J connectivity index is 1.45. The van der Waals surface area contributed by atoms with Crippen LogP contribution in [0, 0.1) is 18.6 Å². The normalized spacial score (nSPS) is 15.1. The summed E-state index contributed by atoms with van der Waals surface area (Å²) in [7, 11) is 2.71. The topological polar surface area (TPSA) is 92.4 Å². The zero-order valence-corrected chi connectivity index (χ0v) is 23.5. The molecule has 1 N–H and O–H groups in total. The predicted octanol–water partition coefficient (Wildman–Crippen LogP) is 4.51. The minimum absolute atomic E-state index is 0.0453. The number of aliphatic hydroxyl groups excluding tert-OH is 1. The molecule has 2 aromatic heterocycles. The zero-order valence-electron chi connectivity index (χ0n) is 23.5. The molecule has 2 aromatic carbocycles. The maximum absolute atomic E-state index is 14.3. The van der Waals surface area contributed by atoms with Crippen LogP contribution < -0.4 is 9.47 Å². The van der Waals surface area contributed by atoms with Gasteiger partial charge in [-0.3, -0.25) is 9.69 Å². The molecule has 0 spiro atoms. The van der Waals surface area contributed by atoms with Gasteiger partial charge in [-0.1, -0.05) is 0 Å². The third-order valence-corrected chi connectivity index (χ3v) is 7.56. The summed E-state index contributed by atoms with van der Waals surface area (Å²) >= 11 is 0. The van der Waals surface area contributed by atoms with Crippen molar-refractivity contribution in [3.63, 3.8) is 0 Å². The van der Waals surface area contributed by atoms with E-state index >= 15 is 0 Å². The van der Waals surface area contributed by atoms with Crippen molar-refractivity contribution in [1.29, 1.82) is 0 Å². The highest BCUT2D eigenvalue weighted by Gasteiger charge is 2.39. The summed E-state index contributed by atoms with van der Waals surface area (Å²) in [6.07, 6.45) is -3.72. The lowest BCUT2D eigenvalue weighted by Crippen LogP contribution is -2.50. The number of rotatable bonds is 7. The molecule has 1 fully saturated rings. The molecule has 1 amide bonds. The number of amides is 1. The highest BCUT2D eigenvalue weighted by molar-refractivity contribution is 6.00. The SMILES string of the molecule is COc1ccc(-c2nc3c(C(=O)N4CCN([C@H](CO)c5cc(F)cc(F)c5OC)CC4)cnn3c(C(F)(F)F)c2C)cc1. The number of carbonyl (C=O) groups excluding carboxylic acids is 1. The van der Waals surface area contributed by atoms with Crippen LogP contribution >= 0.6 is 0 Å². The quantitative estimate of drug-likeness (QED) is 0.310. The molecule has 9 nitrogen and oxygen atoms in total. The second kappa shape index (κ2) is 11.8. The molecular weight excluding hydrogens is 577 g/mol. The van der Waals surface area contributed by atoms with E-state index in [1.807, 2.05) is 0 Å². The van der Waals surface area contributed by atoms with Gasteiger partial charge in [0.2, 0.25) is 0 Å². The van der Waals surface area contributed by atoms with E-state index in [4.69, 9.17) is 9.47 Å². The van der Waals surface area contributed by atoms with Gasteiger partial charge in [0.05, 0.1) is 38.8 Å². The second-order valence-electron chi connectivity index (χ2n) is 9.99. The maximum Gasteiger partial charge on any atom is 0.433 e. The van der Waals surface area contributed by atoms with Crippen LogP contribution in [-0.2, 0) is 6.18 Å². The summed E-state index contributed by atoms with van der Waals surface area (Å²) in [5, 5.41) is 14.0. The molecule has 3 heterocycles. The molecule has 43 heavy (non-hydrogen) atoms. The van der Waals surface area contributed by atoms with Crippen LogP contribution in [0.1, 0.15) is 33.2 Å². The van der Waals surface area contributed by atoms with E-state index in [1.165, 1.54) is 26.0 Å². The van der Waals surface area contributed by atoms with E-state index in [1.54, 1.807) is 29.2 Å². The number of nitrogens with zero attached hydrogens (tertiary/aromatic N) is 5. The number of ether oxygens (including phenoxy) is 2. The number of carbonyl (C=O) groups is 1. The number of fused-ring (bicyclic) bond motifs is 1. The fourth-order valence-corrected chi connectivity index (χ4v) is 5.45. The van der Waals surface area contributed by atoms with Crippen molar-refractivity contribution in [3.05, 3.63) is 76.6 Å². The Kier molecular flexibility index (Phi) is 8.25. The smallest absolute Gasteiger partial charge is 0.433 e. The number of methoxy groups -OCH3 is 2. The van der Waals surface area contributed by atoms with Crippen molar-refractivity contribution in [2.75, 3.05) is 47.0 Å². The molecule has 5 rings (SSSR count). The summed E-state index contributed by atoms with van der Waals surface area (Å²) in [5.41, 5.74) is -0.988. The molecule has 228 valence electrons. The molecule has 0 bridgehead atoms. The first kappa shape index (κ1) is 30.2. The number of alkyl halides is 3. The first-order valence-corrected chi connectivity index (χ1v) is 13.3. The van der Waals surface area contributed by atoms with Crippen molar-refractivity contribution >= 4 is 11.6 Å². The molecule has 1 aliphatic rings. The molecule has 0 unspecified atom stereocenters. The number of halogens is 5. The van der Waals surface area contributed by atoms with Gasteiger partial charge >= 0.3 is 6.18 Å². The lowest BCUT2D eigenvalue weighted by atomic mass is 10.0. The minimum Gasteiger partial charge on any atom is -0.497 e. The van der Waals surface area contributed by atoms with E-state index in [2.05, 4.69) is 10.1 Å². The monoisotopic (exact) mass is 605 g/mol. The first-order valence-electron chi connectivity index (χ1n) is 13.3. The number of piperazine rings is 1. The summed E-state index contributed by atoms with van der Waals surface area (Å²) in [4.78, 5) is 21.3. The largest absolute Gasteiger partial charge is 0.497 e. The summed E-state index contributed by atoms with van der Waals surface area (Å²) in [5.74, 6) is -1.99. The number of hydrogen-bond acceptors (Lipinski definition) is 7. The minimum atomic E-state index is -4.79. The summed E-state index contributed by atoms with van der Waals surface area (Å²) in [6.45, 7) is 1.48. The van der Waals surface area contributed by atoms with Gasteiger partial charge in [-0.05, 0) is 37.3 Å². The van der Waals surface area contributed by atoms with Gasteiger partial charge in [-0.25, -0.2) is 18.3 Å². The lowest BCUT2D eigenvalue weighted by Gasteiger charge is -2.39. The Labute approximate surface area is 243 Å². The molecule has 0 aliphatic carbocycles. The van der Waals surface area contributed by atoms with Crippen LogP contribution in [0.2, 0.25) is 0 Å². The Morgan fingerprint density at radius 1 is 1.05 bits per heavy atom. The number of benzene rings is 2. The van der Waals surface area contributed by atoms with Crippen LogP contribution in [0.25, 0.3) is 16.9 Å². The maximum atomic E-state index is 14.3. The number of hydrogen-bond donors (Lipinski definition) is 1. The van der Waals surface area contributed by atoms with Crippen molar-refractivity contribution in [1.82, 2.24) is 24.4 Å². The van der Waals surface area contributed by atoms with Crippen LogP contribution in [-0.4, -0.2) is 82.4 Å². The predicted molar refractivity (Wildman–Crippen MR) is 145 cm³/mol. The molecule has 1 aliphatic heterocycles. The van der Waals surface area contributed by atoms with E-state index in [0.717, 1.165) is 12.3 Å². The highest BCUT2D eigenvalue weighted by Crippen LogP contribution is 2.37. The van der Waals surface area contributed by atoms with Crippen LogP contribution in [0.15, 0.2) is 42.6 Å². The van der Waals surface area contributed by atoms with Gasteiger partial charge in [0.1, 0.15) is 17.1 Å². The van der Waals surface area contributed by atoms with Crippen molar-refractivity contribution < 1.29 is 41.3 Å². The molecule has 0 radical (unpaired) electrons. The van der Waals surface area contributed by atoms with E-state index in [9.17, 15) is 31.9 Å². The van der Waals surface area contributed by atoms with Crippen LogP contribution in [0.3, 0.4) is 0 Å². The Morgan fingerprint density at radius 3 is 2.30 bits per heavy atom. The Bertz CT molecular complexity index is 1650. The molecular formula is C29H28F5N5O4. The summed E-state index contributed by atoms with van der Waals surface area (Å²) < 4.78 is 82.0. The van der Waals surface area contributed by atoms with Gasteiger partial charge in [0.15, 0.2) is 22.9 Å². The van der Waals surface area contributed by atoms with Crippen LogP contribution in [0.5, 0.6) is 11.5 Å². The number of aromatic nitrogens is 3. The van der Waals surface area contributed by atoms with Crippen molar-refractivity contribution in [3.8, 4) is 22.8 Å². The second-order valence-corrected chi connectivity index (χ2v) is 9.99. The average molecular weight is 606 g/mol. The van der Waals surface area contributed by atoms with Gasteiger partial charge in [-0.2, -0.15) is 18.3 Å². The van der Waals surface area contributed by atoms with Gasteiger partial charge in [0, 0.05) is 48.9 Å². The van der Waals surface area contributed by atoms with Crippen molar-refractivity contribution in [2.24, 2.45) is 0 Å². The fourth-order valence-electron chi connectivity index (χ4n) is 5.45. The third kappa shape index (κ3) is 5.59. The highest BCUT2D eigenvalue weighted by atomic mass is 19.4. The van der Waals surface area contributed by atoms with E-state index in [-0.39, 0.29) is 60.0 Å². The Hall–Kier alpha value is -4.30. The van der Waals surface area contributed by atoms with Gasteiger partial charge in [-0.15, -0.1) is 0 Å². The first-order chi connectivity index (χ1) is 20.5. The molecule has 1 atom stereocenters.